The van der Waals surface area contributed by atoms with Crippen LogP contribution in [0.2, 0.25) is 0 Å². The van der Waals surface area contributed by atoms with Gasteiger partial charge >= 0.3 is 5.97 Å². The van der Waals surface area contributed by atoms with E-state index >= 15 is 0 Å². The van der Waals surface area contributed by atoms with Gasteiger partial charge in [0.05, 0.1) is 0 Å². The third-order valence-corrected chi connectivity index (χ3v) is 3.61. The van der Waals surface area contributed by atoms with Crippen molar-refractivity contribution in [1.82, 2.24) is 0 Å². The second-order valence-corrected chi connectivity index (χ2v) is 4.82. The van der Waals surface area contributed by atoms with Crippen LogP contribution in [-0.4, -0.2) is 22.6 Å². The second-order valence-electron chi connectivity index (χ2n) is 4.06. The van der Waals surface area contributed by atoms with E-state index in [1.807, 2.05) is 0 Å². The third-order valence-electron chi connectivity index (χ3n) is 2.79. The molecule has 98 valence electrons. The third kappa shape index (κ3) is 2.55. The first-order chi connectivity index (χ1) is 8.91. The maximum Gasteiger partial charge on any atom is 0.303 e. The molecule has 0 fully saturated rings. The zero-order valence-electron chi connectivity index (χ0n) is 9.57. The van der Waals surface area contributed by atoms with E-state index < -0.39 is 17.5 Å². The highest BCUT2D eigenvalue weighted by atomic mass is 35.5. The topological polar surface area (TPSA) is 71.4 Å². The van der Waals surface area contributed by atoms with Gasteiger partial charge in [0.1, 0.15) is 10.1 Å². The lowest BCUT2D eigenvalue weighted by molar-refractivity contribution is -0.136. The number of hydrogen-bond donors (Lipinski definition) is 1. The van der Waals surface area contributed by atoms with Crippen LogP contribution in [-0.2, 0) is 11.2 Å². The summed E-state index contributed by atoms with van der Waals surface area (Å²) in [6, 6.07) is 4.57. The van der Waals surface area contributed by atoms with Crippen molar-refractivity contribution in [3.63, 3.8) is 0 Å². The molecule has 0 bridgehead atoms. The first-order valence-corrected chi connectivity index (χ1v) is 6.17. The van der Waals surface area contributed by atoms with Crippen molar-refractivity contribution in [3.8, 4) is 0 Å². The monoisotopic (exact) mass is 298 g/mol. The SMILES string of the molecule is O=C(O)CCc1ccc2c(c1)C(=O)C(Cl)=C(Cl)C2=O. The van der Waals surface area contributed by atoms with Crippen LogP contribution in [0.15, 0.2) is 28.3 Å². The van der Waals surface area contributed by atoms with Gasteiger partial charge in [-0.1, -0.05) is 29.3 Å². The first-order valence-electron chi connectivity index (χ1n) is 5.41. The molecule has 1 aliphatic rings. The standard InChI is InChI=1S/C13H8Cl2O4/c14-10-11(15)13(19)8-5-6(2-4-9(16)17)1-3-7(8)12(10)18/h1,3,5H,2,4H2,(H,16,17). The molecule has 0 radical (unpaired) electrons. The minimum atomic E-state index is -0.930. The zero-order valence-corrected chi connectivity index (χ0v) is 11.1. The molecule has 2 rings (SSSR count). The molecule has 0 unspecified atom stereocenters. The number of aliphatic carboxylic acids is 1. The molecule has 0 aromatic heterocycles. The van der Waals surface area contributed by atoms with Crippen LogP contribution in [0, 0.1) is 0 Å². The summed E-state index contributed by atoms with van der Waals surface area (Å²) < 4.78 is 0. The highest BCUT2D eigenvalue weighted by Gasteiger charge is 2.30. The summed E-state index contributed by atoms with van der Waals surface area (Å²) in [7, 11) is 0. The van der Waals surface area contributed by atoms with E-state index in [-0.39, 0.29) is 34.0 Å². The average molecular weight is 299 g/mol. The average Bonchev–Trinajstić information content (AvgIpc) is 2.40. The zero-order chi connectivity index (χ0) is 14.2. The van der Waals surface area contributed by atoms with Gasteiger partial charge in [0.25, 0.3) is 0 Å². The van der Waals surface area contributed by atoms with Crippen molar-refractivity contribution in [3.05, 3.63) is 45.0 Å². The lowest BCUT2D eigenvalue weighted by atomic mass is 9.92. The molecule has 1 aromatic rings. The van der Waals surface area contributed by atoms with Crippen LogP contribution >= 0.6 is 23.2 Å². The molecule has 6 heteroatoms. The van der Waals surface area contributed by atoms with Crippen LogP contribution in [0.3, 0.4) is 0 Å². The normalized spacial score (nSPS) is 14.6. The van der Waals surface area contributed by atoms with Gasteiger partial charge in [-0.05, 0) is 24.1 Å². The molecule has 0 amide bonds. The maximum atomic E-state index is 11.9. The van der Waals surface area contributed by atoms with E-state index in [0.29, 0.717) is 5.56 Å². The molecule has 1 aliphatic carbocycles. The molecular formula is C13H8Cl2O4. The Morgan fingerprint density at radius 2 is 1.63 bits per heavy atom. The molecule has 0 atom stereocenters. The minimum absolute atomic E-state index is 0.0503. The van der Waals surface area contributed by atoms with Crippen molar-refractivity contribution in [2.45, 2.75) is 12.8 Å². The number of fused-ring (bicyclic) bond motifs is 1. The van der Waals surface area contributed by atoms with Gasteiger partial charge < -0.3 is 5.11 Å². The largest absolute Gasteiger partial charge is 0.481 e. The van der Waals surface area contributed by atoms with E-state index in [2.05, 4.69) is 0 Å². The molecule has 0 saturated heterocycles. The van der Waals surface area contributed by atoms with E-state index in [1.54, 1.807) is 6.07 Å². The van der Waals surface area contributed by atoms with E-state index in [0.717, 1.165) is 0 Å². The number of halogens is 2. The van der Waals surface area contributed by atoms with Crippen molar-refractivity contribution >= 4 is 40.7 Å². The Bertz CT molecular complexity index is 632. The summed E-state index contributed by atoms with van der Waals surface area (Å²) in [6.07, 6.45) is 0.227. The van der Waals surface area contributed by atoms with Gasteiger partial charge in [-0.25, -0.2) is 0 Å². The number of carbonyl (C=O) groups is 3. The number of carboxylic acid groups (broad SMARTS) is 1. The molecule has 0 spiro atoms. The minimum Gasteiger partial charge on any atom is -0.481 e. The van der Waals surface area contributed by atoms with Gasteiger partial charge in [-0.2, -0.15) is 0 Å². The number of hydrogen-bond acceptors (Lipinski definition) is 3. The number of benzene rings is 1. The summed E-state index contributed by atoms with van der Waals surface area (Å²) in [6.45, 7) is 0. The van der Waals surface area contributed by atoms with E-state index in [1.165, 1.54) is 12.1 Å². The number of ketones is 2. The van der Waals surface area contributed by atoms with Gasteiger partial charge in [0.15, 0.2) is 0 Å². The Balaban J connectivity index is 2.41. The second kappa shape index (κ2) is 5.15. The Hall–Kier alpha value is -1.65. The predicted molar refractivity (Wildman–Crippen MR) is 69.8 cm³/mol. The van der Waals surface area contributed by atoms with Crippen molar-refractivity contribution in [2.24, 2.45) is 0 Å². The van der Waals surface area contributed by atoms with Gasteiger partial charge in [0, 0.05) is 17.5 Å². The van der Waals surface area contributed by atoms with Crippen molar-refractivity contribution < 1.29 is 19.5 Å². The Morgan fingerprint density at radius 3 is 2.21 bits per heavy atom. The summed E-state index contributed by atoms with van der Waals surface area (Å²) in [5, 5.41) is 8.04. The number of rotatable bonds is 3. The number of carboxylic acids is 1. The fourth-order valence-corrected chi connectivity index (χ4v) is 2.20. The predicted octanol–water partition coefficient (Wildman–Crippen LogP) is 2.77. The quantitative estimate of drug-likeness (QED) is 0.931. The first kappa shape index (κ1) is 13.8. The van der Waals surface area contributed by atoms with Gasteiger partial charge in [-0.15, -0.1) is 0 Å². The number of carbonyl (C=O) groups excluding carboxylic acids is 2. The number of aryl methyl sites for hydroxylation is 1. The fourth-order valence-electron chi connectivity index (χ4n) is 1.82. The molecule has 0 heterocycles. The van der Waals surface area contributed by atoms with Gasteiger partial charge in [-0.3, -0.25) is 14.4 Å². The Labute approximate surface area is 118 Å². The molecule has 4 nitrogen and oxygen atoms in total. The number of Topliss-reactive ketones (excluding diaryl/α,β-unsaturated/α-hetero) is 2. The Kier molecular flexibility index (Phi) is 3.73. The fraction of sp³-hybridized carbons (Fsp3) is 0.154. The molecule has 1 aromatic carbocycles. The van der Waals surface area contributed by atoms with Crippen molar-refractivity contribution in [1.29, 1.82) is 0 Å². The van der Waals surface area contributed by atoms with Gasteiger partial charge in [0.2, 0.25) is 11.6 Å². The van der Waals surface area contributed by atoms with Crippen LogP contribution in [0.4, 0.5) is 0 Å². The molecule has 19 heavy (non-hydrogen) atoms. The number of allylic oxidation sites excluding steroid dienone is 2. The van der Waals surface area contributed by atoms with Crippen LogP contribution in [0.5, 0.6) is 0 Å². The highest BCUT2D eigenvalue weighted by molar-refractivity contribution is 6.59. The lowest BCUT2D eigenvalue weighted by Gasteiger charge is -2.15. The lowest BCUT2D eigenvalue weighted by Crippen LogP contribution is -2.18. The molecule has 1 N–H and O–H groups in total. The van der Waals surface area contributed by atoms with E-state index in [4.69, 9.17) is 28.3 Å². The molecule has 0 aliphatic heterocycles. The summed E-state index contributed by atoms with van der Waals surface area (Å²) >= 11 is 11.4. The summed E-state index contributed by atoms with van der Waals surface area (Å²) in [5.74, 6) is -1.94. The Morgan fingerprint density at radius 1 is 1.05 bits per heavy atom. The van der Waals surface area contributed by atoms with Crippen LogP contribution < -0.4 is 0 Å². The van der Waals surface area contributed by atoms with Crippen molar-refractivity contribution in [2.75, 3.05) is 0 Å². The summed E-state index contributed by atoms with van der Waals surface area (Å²) in [5.41, 5.74) is 1.02. The highest BCUT2D eigenvalue weighted by Crippen LogP contribution is 2.31. The molecular weight excluding hydrogens is 291 g/mol. The molecule has 0 saturated carbocycles. The summed E-state index contributed by atoms with van der Waals surface area (Å²) in [4.78, 5) is 34.3. The smallest absolute Gasteiger partial charge is 0.303 e. The van der Waals surface area contributed by atoms with Crippen LogP contribution in [0.1, 0.15) is 32.7 Å². The van der Waals surface area contributed by atoms with E-state index in [9.17, 15) is 14.4 Å². The van der Waals surface area contributed by atoms with Crippen LogP contribution in [0.25, 0.3) is 0 Å². The maximum absolute atomic E-state index is 11.9.